The van der Waals surface area contributed by atoms with E-state index in [0.717, 1.165) is 19.4 Å². The molecule has 1 aliphatic rings. The van der Waals surface area contributed by atoms with E-state index in [-0.39, 0.29) is 12.1 Å². The molecule has 0 aliphatic carbocycles. The molecule has 0 saturated carbocycles. The summed E-state index contributed by atoms with van der Waals surface area (Å²) in [7, 11) is 0. The fourth-order valence-corrected chi connectivity index (χ4v) is 2.70. The first kappa shape index (κ1) is 13.5. The molecule has 1 aromatic rings. The highest BCUT2D eigenvalue weighted by molar-refractivity contribution is 5.26. The summed E-state index contributed by atoms with van der Waals surface area (Å²) in [5, 5.41) is 0. The van der Waals surface area contributed by atoms with Crippen molar-refractivity contribution in [2.24, 2.45) is 11.8 Å². The number of hydrazine groups is 1. The second kappa shape index (κ2) is 6.32. The van der Waals surface area contributed by atoms with Crippen LogP contribution < -0.4 is 11.3 Å². The van der Waals surface area contributed by atoms with Crippen LogP contribution in [0.3, 0.4) is 0 Å². The minimum absolute atomic E-state index is 0.0955. The Morgan fingerprint density at radius 2 is 2.11 bits per heavy atom. The van der Waals surface area contributed by atoms with Gasteiger partial charge >= 0.3 is 0 Å². The van der Waals surface area contributed by atoms with E-state index >= 15 is 0 Å². The van der Waals surface area contributed by atoms with Crippen molar-refractivity contribution in [3.05, 3.63) is 35.4 Å². The number of benzene rings is 1. The SMILES string of the molecule is CCCc1ccc(C(NN)C2OCCC2C)cc1. The van der Waals surface area contributed by atoms with Gasteiger partial charge in [0, 0.05) is 6.61 Å². The van der Waals surface area contributed by atoms with Gasteiger partial charge in [-0.15, -0.1) is 0 Å². The summed E-state index contributed by atoms with van der Waals surface area (Å²) in [6.45, 7) is 5.28. The highest BCUT2D eigenvalue weighted by Crippen LogP contribution is 2.30. The third kappa shape index (κ3) is 2.91. The molecule has 3 N–H and O–H groups in total. The summed E-state index contributed by atoms with van der Waals surface area (Å²) in [5.41, 5.74) is 5.52. The van der Waals surface area contributed by atoms with Gasteiger partial charge in [0.05, 0.1) is 12.1 Å². The Bertz CT molecular complexity index is 363. The Balaban J connectivity index is 2.11. The van der Waals surface area contributed by atoms with Gasteiger partial charge in [-0.1, -0.05) is 44.5 Å². The van der Waals surface area contributed by atoms with E-state index < -0.39 is 0 Å². The maximum absolute atomic E-state index is 5.81. The molecule has 1 saturated heterocycles. The summed E-state index contributed by atoms with van der Waals surface area (Å²) in [4.78, 5) is 0. The number of hydrogen-bond donors (Lipinski definition) is 2. The number of nitrogens with two attached hydrogens (primary N) is 1. The molecule has 3 nitrogen and oxygen atoms in total. The molecule has 1 heterocycles. The standard InChI is InChI=1S/C15H24N2O/c1-3-4-12-5-7-13(8-6-12)14(17-16)15-11(2)9-10-18-15/h5-8,11,14-15,17H,3-4,9-10,16H2,1-2H3. The van der Waals surface area contributed by atoms with E-state index in [1.807, 2.05) is 0 Å². The van der Waals surface area contributed by atoms with Gasteiger partial charge in [-0.3, -0.25) is 11.3 Å². The van der Waals surface area contributed by atoms with Gasteiger partial charge in [0.2, 0.25) is 0 Å². The molecule has 1 aromatic carbocycles. The van der Waals surface area contributed by atoms with E-state index in [4.69, 9.17) is 10.6 Å². The van der Waals surface area contributed by atoms with Gasteiger partial charge in [-0.2, -0.15) is 0 Å². The molecule has 2 rings (SSSR count). The molecule has 0 bridgehead atoms. The van der Waals surface area contributed by atoms with Crippen LogP contribution in [0.1, 0.15) is 43.9 Å². The van der Waals surface area contributed by atoms with E-state index in [9.17, 15) is 0 Å². The zero-order chi connectivity index (χ0) is 13.0. The number of ether oxygens (including phenoxy) is 1. The molecule has 1 fully saturated rings. The predicted octanol–water partition coefficient (Wildman–Crippen LogP) is 2.57. The Hall–Kier alpha value is -0.900. The van der Waals surface area contributed by atoms with Crippen molar-refractivity contribution in [1.82, 2.24) is 5.43 Å². The maximum Gasteiger partial charge on any atom is 0.0808 e. The smallest absolute Gasteiger partial charge is 0.0808 e. The normalized spacial score (nSPS) is 25.3. The van der Waals surface area contributed by atoms with Crippen LogP contribution in [-0.2, 0) is 11.2 Å². The lowest BCUT2D eigenvalue weighted by Gasteiger charge is -2.26. The van der Waals surface area contributed by atoms with Crippen molar-refractivity contribution >= 4 is 0 Å². The Morgan fingerprint density at radius 1 is 1.39 bits per heavy atom. The molecule has 100 valence electrons. The van der Waals surface area contributed by atoms with Gasteiger partial charge < -0.3 is 4.74 Å². The van der Waals surface area contributed by atoms with Crippen LogP contribution in [0.25, 0.3) is 0 Å². The van der Waals surface area contributed by atoms with Crippen molar-refractivity contribution in [1.29, 1.82) is 0 Å². The van der Waals surface area contributed by atoms with E-state index in [1.165, 1.54) is 17.5 Å². The molecule has 0 aromatic heterocycles. The van der Waals surface area contributed by atoms with Crippen molar-refractivity contribution < 1.29 is 4.74 Å². The molecular weight excluding hydrogens is 224 g/mol. The number of nitrogens with one attached hydrogen (secondary N) is 1. The summed E-state index contributed by atoms with van der Waals surface area (Å²) >= 11 is 0. The Labute approximate surface area is 110 Å². The van der Waals surface area contributed by atoms with Crippen LogP contribution in [-0.4, -0.2) is 12.7 Å². The second-order valence-corrected chi connectivity index (χ2v) is 5.24. The van der Waals surface area contributed by atoms with Crippen LogP contribution in [0.4, 0.5) is 0 Å². The number of rotatable bonds is 5. The first-order chi connectivity index (χ1) is 8.76. The number of aryl methyl sites for hydroxylation is 1. The van der Waals surface area contributed by atoms with Crippen molar-refractivity contribution in [2.45, 2.75) is 45.3 Å². The quantitative estimate of drug-likeness (QED) is 0.622. The van der Waals surface area contributed by atoms with Crippen LogP contribution in [0.2, 0.25) is 0 Å². The minimum atomic E-state index is 0.0955. The third-order valence-corrected chi connectivity index (χ3v) is 3.83. The average molecular weight is 248 g/mol. The van der Waals surface area contributed by atoms with Crippen LogP contribution in [0, 0.1) is 5.92 Å². The summed E-state index contributed by atoms with van der Waals surface area (Å²) in [6.07, 6.45) is 3.63. The van der Waals surface area contributed by atoms with E-state index in [2.05, 4.69) is 43.5 Å². The molecule has 0 amide bonds. The molecular formula is C15H24N2O. The predicted molar refractivity (Wildman–Crippen MR) is 74.0 cm³/mol. The lowest BCUT2D eigenvalue weighted by Crippen LogP contribution is -2.38. The van der Waals surface area contributed by atoms with Crippen LogP contribution in [0.5, 0.6) is 0 Å². The lowest BCUT2D eigenvalue weighted by molar-refractivity contribution is 0.0607. The van der Waals surface area contributed by atoms with Gasteiger partial charge in [0.15, 0.2) is 0 Å². The third-order valence-electron chi connectivity index (χ3n) is 3.83. The molecule has 3 atom stereocenters. The van der Waals surface area contributed by atoms with Gasteiger partial charge in [0.1, 0.15) is 0 Å². The fraction of sp³-hybridized carbons (Fsp3) is 0.600. The molecule has 3 unspecified atom stereocenters. The van der Waals surface area contributed by atoms with Gasteiger partial charge in [-0.05, 0) is 29.9 Å². The highest BCUT2D eigenvalue weighted by Gasteiger charge is 2.32. The number of hydrogen-bond acceptors (Lipinski definition) is 3. The van der Waals surface area contributed by atoms with E-state index in [1.54, 1.807) is 0 Å². The largest absolute Gasteiger partial charge is 0.376 e. The zero-order valence-corrected chi connectivity index (χ0v) is 11.4. The van der Waals surface area contributed by atoms with Crippen molar-refractivity contribution in [3.8, 4) is 0 Å². The Kier molecular flexibility index (Phi) is 4.75. The Morgan fingerprint density at radius 3 is 2.61 bits per heavy atom. The van der Waals surface area contributed by atoms with Gasteiger partial charge in [0.25, 0.3) is 0 Å². The molecule has 1 aliphatic heterocycles. The molecule has 3 heteroatoms. The van der Waals surface area contributed by atoms with Gasteiger partial charge in [-0.25, -0.2) is 0 Å². The van der Waals surface area contributed by atoms with Crippen molar-refractivity contribution in [3.63, 3.8) is 0 Å². The lowest BCUT2D eigenvalue weighted by atomic mass is 9.92. The fourth-order valence-electron chi connectivity index (χ4n) is 2.70. The topological polar surface area (TPSA) is 47.3 Å². The monoisotopic (exact) mass is 248 g/mol. The summed E-state index contributed by atoms with van der Waals surface area (Å²) < 4.78 is 5.81. The zero-order valence-electron chi connectivity index (χ0n) is 11.4. The first-order valence-electron chi connectivity index (χ1n) is 6.92. The second-order valence-electron chi connectivity index (χ2n) is 5.24. The minimum Gasteiger partial charge on any atom is -0.376 e. The average Bonchev–Trinajstić information content (AvgIpc) is 2.79. The van der Waals surface area contributed by atoms with Crippen LogP contribution in [0.15, 0.2) is 24.3 Å². The maximum atomic E-state index is 5.81. The molecule has 0 radical (unpaired) electrons. The summed E-state index contributed by atoms with van der Waals surface area (Å²) in [6, 6.07) is 8.83. The molecule has 18 heavy (non-hydrogen) atoms. The first-order valence-corrected chi connectivity index (χ1v) is 6.92. The van der Waals surface area contributed by atoms with Crippen molar-refractivity contribution in [2.75, 3.05) is 6.61 Å². The molecule has 0 spiro atoms. The summed E-state index contributed by atoms with van der Waals surface area (Å²) in [5.74, 6) is 6.27. The van der Waals surface area contributed by atoms with E-state index in [0.29, 0.717) is 5.92 Å². The van der Waals surface area contributed by atoms with Crippen LogP contribution >= 0.6 is 0 Å². The highest BCUT2D eigenvalue weighted by atomic mass is 16.5.